The average Bonchev–Trinajstić information content (AvgIpc) is 2.80. The van der Waals surface area contributed by atoms with Crippen LogP contribution < -0.4 is 15.4 Å². The molecule has 1 fully saturated rings. The lowest BCUT2D eigenvalue weighted by atomic mass is 9.85. The third-order valence-electron chi connectivity index (χ3n) is 7.02. The lowest BCUT2D eigenvalue weighted by Gasteiger charge is -2.35. The number of rotatable bonds is 6. The molecule has 0 bridgehead atoms. The first-order chi connectivity index (χ1) is 18.2. The molecule has 3 N–H and O–H groups in total. The first kappa shape index (κ1) is 33.5. The van der Waals surface area contributed by atoms with Crippen LogP contribution in [0.25, 0.3) is 0 Å². The summed E-state index contributed by atoms with van der Waals surface area (Å²) in [6.07, 6.45) is 5.50. The fourth-order valence-electron chi connectivity index (χ4n) is 4.50. The molecule has 40 heavy (non-hydrogen) atoms. The Balaban J connectivity index is 2.31. The van der Waals surface area contributed by atoms with Crippen LogP contribution in [0.15, 0.2) is 17.1 Å². The highest BCUT2D eigenvalue weighted by atomic mass is 32.1. The van der Waals surface area contributed by atoms with E-state index in [1.165, 1.54) is 0 Å². The highest BCUT2D eigenvalue weighted by Gasteiger charge is 2.34. The van der Waals surface area contributed by atoms with Gasteiger partial charge in [0.05, 0.1) is 17.5 Å². The van der Waals surface area contributed by atoms with Crippen molar-refractivity contribution in [1.82, 2.24) is 15.5 Å². The van der Waals surface area contributed by atoms with E-state index in [1.807, 2.05) is 41.5 Å². The number of nitrogens with zero attached hydrogens (tertiary/aromatic N) is 2. The number of amides is 1. The van der Waals surface area contributed by atoms with E-state index in [-0.39, 0.29) is 40.5 Å². The first-order valence-electron chi connectivity index (χ1n) is 14.1. The number of aromatic hydroxyl groups is 1. The zero-order valence-electron chi connectivity index (χ0n) is 26.3. The molecule has 0 spiro atoms. The van der Waals surface area contributed by atoms with Crippen molar-refractivity contribution >= 4 is 35.4 Å². The highest BCUT2D eigenvalue weighted by molar-refractivity contribution is 7.80. The fourth-order valence-corrected chi connectivity index (χ4v) is 4.77. The van der Waals surface area contributed by atoms with Crippen molar-refractivity contribution in [2.24, 2.45) is 15.8 Å². The van der Waals surface area contributed by atoms with E-state index in [9.17, 15) is 14.7 Å². The number of phenolic OH excluding ortho intramolecular Hbond substituents is 1. The number of nitrogens with one attached hydrogen (secondary N) is 2. The summed E-state index contributed by atoms with van der Waals surface area (Å²) < 4.78 is 5.70. The smallest absolute Gasteiger partial charge is 0.316 e. The molecule has 2 rings (SSSR count). The standard InChI is InChI=1S/C31H50N4O4S/c1-29(2,3)21-17-20(39-27(38)31(7,8)9)16-19(24(21)36)18-32-22-14-12-13-15-23(22)33-28(40)34-25(30(4,5)6)26(37)35(10)11/h16-18,22-23,25,36H,12-15H2,1-11H3,(H2,33,34,40)/t22-,23+,25?/m0/s1. The van der Waals surface area contributed by atoms with Gasteiger partial charge in [0.15, 0.2) is 5.11 Å². The predicted octanol–water partition coefficient (Wildman–Crippen LogP) is 5.34. The Kier molecular flexibility index (Phi) is 10.8. The van der Waals surface area contributed by atoms with Crippen LogP contribution in [0.1, 0.15) is 99.1 Å². The molecule has 1 aromatic rings. The molecule has 1 aliphatic carbocycles. The Hall–Kier alpha value is -2.68. The van der Waals surface area contributed by atoms with E-state index in [4.69, 9.17) is 21.9 Å². The summed E-state index contributed by atoms with van der Waals surface area (Å²) in [5.74, 6) is 0.123. The van der Waals surface area contributed by atoms with Gasteiger partial charge in [0.25, 0.3) is 0 Å². The van der Waals surface area contributed by atoms with E-state index in [0.717, 1.165) is 25.7 Å². The number of aliphatic imine (C=N–C) groups is 1. The number of carbonyl (C=O) groups excluding carboxylic acids is 2. The zero-order chi connectivity index (χ0) is 30.6. The van der Waals surface area contributed by atoms with Gasteiger partial charge in [-0.05, 0) is 68.8 Å². The fraction of sp³-hybridized carbons (Fsp3) is 0.677. The summed E-state index contributed by atoms with van der Waals surface area (Å²) in [7, 11) is 3.48. The van der Waals surface area contributed by atoms with Crippen molar-refractivity contribution < 1.29 is 19.4 Å². The van der Waals surface area contributed by atoms with Gasteiger partial charge in [0, 0.05) is 31.4 Å². The topological polar surface area (TPSA) is 103 Å². The van der Waals surface area contributed by atoms with E-state index in [0.29, 0.717) is 22.0 Å². The largest absolute Gasteiger partial charge is 0.507 e. The van der Waals surface area contributed by atoms with Crippen LogP contribution in [0.4, 0.5) is 0 Å². The molecule has 0 aromatic heterocycles. The van der Waals surface area contributed by atoms with Gasteiger partial charge in [-0.15, -0.1) is 0 Å². The summed E-state index contributed by atoms with van der Waals surface area (Å²) in [6, 6.07) is 2.82. The van der Waals surface area contributed by atoms with Gasteiger partial charge in [0.1, 0.15) is 17.5 Å². The normalized spacial score (nSPS) is 19.2. The Bertz CT molecular complexity index is 1110. The maximum atomic E-state index is 12.8. The van der Waals surface area contributed by atoms with Crippen molar-refractivity contribution in [1.29, 1.82) is 0 Å². The molecule has 224 valence electrons. The summed E-state index contributed by atoms with van der Waals surface area (Å²) in [6.45, 7) is 17.4. The Morgan fingerprint density at radius 2 is 1.68 bits per heavy atom. The predicted molar refractivity (Wildman–Crippen MR) is 166 cm³/mol. The summed E-state index contributed by atoms with van der Waals surface area (Å²) in [5, 5.41) is 18.2. The van der Waals surface area contributed by atoms with Crippen LogP contribution in [-0.2, 0) is 15.0 Å². The minimum atomic E-state index is -0.662. The quantitative estimate of drug-likeness (QED) is 0.182. The second-order valence-corrected chi connectivity index (χ2v) is 14.6. The second-order valence-electron chi connectivity index (χ2n) is 14.2. The summed E-state index contributed by atoms with van der Waals surface area (Å²) in [4.78, 5) is 31.9. The van der Waals surface area contributed by atoms with Crippen molar-refractivity contribution in [3.05, 3.63) is 23.3 Å². The maximum Gasteiger partial charge on any atom is 0.316 e. The Labute approximate surface area is 246 Å². The molecular formula is C31H50N4O4S. The SMILES string of the molecule is CN(C)C(=O)C(NC(=S)N[C@@H]1CCCC[C@@H]1N=Cc1cc(OC(=O)C(C)(C)C)cc(C(C)(C)C)c1O)C(C)(C)C. The summed E-state index contributed by atoms with van der Waals surface area (Å²) in [5.41, 5.74) is -0.197. The molecule has 0 radical (unpaired) electrons. The van der Waals surface area contributed by atoms with E-state index < -0.39 is 11.5 Å². The second kappa shape index (κ2) is 12.9. The molecule has 0 aliphatic heterocycles. The lowest BCUT2D eigenvalue weighted by molar-refractivity contribution is -0.143. The molecule has 9 heteroatoms. The van der Waals surface area contributed by atoms with Crippen molar-refractivity contribution in [2.45, 2.75) is 112 Å². The molecule has 1 amide bonds. The number of ether oxygens (including phenoxy) is 1. The van der Waals surface area contributed by atoms with Gasteiger partial charge >= 0.3 is 5.97 Å². The van der Waals surface area contributed by atoms with Crippen LogP contribution in [0.3, 0.4) is 0 Å². The van der Waals surface area contributed by atoms with Gasteiger partial charge in [-0.25, -0.2) is 0 Å². The van der Waals surface area contributed by atoms with Crippen molar-refractivity contribution in [2.75, 3.05) is 14.1 Å². The van der Waals surface area contributed by atoms with Crippen LogP contribution in [0.5, 0.6) is 11.5 Å². The highest BCUT2D eigenvalue weighted by Crippen LogP contribution is 2.37. The van der Waals surface area contributed by atoms with Gasteiger partial charge in [-0.2, -0.15) is 0 Å². The van der Waals surface area contributed by atoms with Crippen LogP contribution in [0.2, 0.25) is 0 Å². The molecule has 1 saturated carbocycles. The molecule has 3 atom stereocenters. The molecule has 1 aromatic carbocycles. The number of phenols is 1. The van der Waals surface area contributed by atoms with Gasteiger partial charge in [-0.3, -0.25) is 14.6 Å². The zero-order valence-corrected chi connectivity index (χ0v) is 27.1. The molecule has 1 aliphatic rings. The van der Waals surface area contributed by atoms with Crippen LogP contribution >= 0.6 is 12.2 Å². The average molecular weight is 575 g/mol. The van der Waals surface area contributed by atoms with Gasteiger partial charge < -0.3 is 25.4 Å². The number of carbonyl (C=O) groups is 2. The van der Waals surface area contributed by atoms with Crippen LogP contribution in [0, 0.1) is 10.8 Å². The van der Waals surface area contributed by atoms with E-state index >= 15 is 0 Å². The number of hydrogen-bond donors (Lipinski definition) is 3. The minimum Gasteiger partial charge on any atom is -0.507 e. The number of thiocarbonyl (C=S) groups is 1. The number of esters is 1. The van der Waals surface area contributed by atoms with Crippen molar-refractivity contribution in [3.63, 3.8) is 0 Å². The van der Waals surface area contributed by atoms with Gasteiger partial charge in [-0.1, -0.05) is 54.4 Å². The molecule has 8 nitrogen and oxygen atoms in total. The van der Waals surface area contributed by atoms with E-state index in [2.05, 4.69) is 10.6 Å². The molecule has 1 unspecified atom stereocenters. The van der Waals surface area contributed by atoms with Crippen molar-refractivity contribution in [3.8, 4) is 11.5 Å². The minimum absolute atomic E-state index is 0.0220. The number of likely N-dealkylation sites (N-methyl/N-ethyl adjacent to an activating group) is 1. The monoisotopic (exact) mass is 574 g/mol. The Morgan fingerprint density at radius 3 is 2.20 bits per heavy atom. The lowest BCUT2D eigenvalue weighted by Crippen LogP contribution is -2.57. The van der Waals surface area contributed by atoms with Crippen LogP contribution in [-0.4, -0.2) is 65.4 Å². The molecule has 0 heterocycles. The first-order valence-corrected chi connectivity index (χ1v) is 14.5. The number of hydrogen-bond acceptors (Lipinski definition) is 6. The van der Waals surface area contributed by atoms with E-state index in [1.54, 1.807) is 58.1 Å². The Morgan fingerprint density at radius 1 is 1.07 bits per heavy atom. The summed E-state index contributed by atoms with van der Waals surface area (Å²) >= 11 is 5.65. The number of benzene rings is 1. The molecular weight excluding hydrogens is 524 g/mol. The maximum absolute atomic E-state index is 12.8. The third kappa shape index (κ3) is 9.18. The molecule has 0 saturated heterocycles. The third-order valence-corrected chi connectivity index (χ3v) is 7.26. The van der Waals surface area contributed by atoms with Gasteiger partial charge in [0.2, 0.25) is 5.91 Å².